The Morgan fingerprint density at radius 1 is 1.29 bits per heavy atom. The molecule has 2 aromatic rings. The smallest absolute Gasteiger partial charge is 0.0741 e. The van der Waals surface area contributed by atoms with Crippen LogP contribution in [0.1, 0.15) is 23.7 Å². The topological polar surface area (TPSA) is 24.9 Å². The van der Waals surface area contributed by atoms with Crippen molar-refractivity contribution < 1.29 is 0 Å². The predicted octanol–water partition coefficient (Wildman–Crippen LogP) is 4.11. The van der Waals surface area contributed by atoms with Gasteiger partial charge in [0.15, 0.2) is 0 Å². The summed E-state index contributed by atoms with van der Waals surface area (Å²) in [6, 6.07) is 4.05. The molecule has 0 aliphatic carbocycles. The summed E-state index contributed by atoms with van der Waals surface area (Å²) in [5.41, 5.74) is 5.56. The van der Waals surface area contributed by atoms with E-state index in [1.54, 1.807) is 0 Å². The van der Waals surface area contributed by atoms with E-state index in [9.17, 15) is 0 Å². The highest BCUT2D eigenvalue weighted by atomic mass is 35.5. The van der Waals surface area contributed by atoms with Crippen LogP contribution in [0.3, 0.4) is 0 Å². The van der Waals surface area contributed by atoms with E-state index < -0.39 is 0 Å². The van der Waals surface area contributed by atoms with E-state index in [2.05, 4.69) is 30.2 Å². The van der Waals surface area contributed by atoms with Crippen molar-refractivity contribution in [2.45, 2.75) is 27.2 Å². The summed E-state index contributed by atoms with van der Waals surface area (Å²) in [5, 5.41) is 5.20. The third-order valence-corrected chi connectivity index (χ3v) is 3.60. The number of hydrogen-bond donors (Lipinski definition) is 1. The first kappa shape index (κ1) is 12.2. The van der Waals surface area contributed by atoms with E-state index in [0.29, 0.717) is 0 Å². The van der Waals surface area contributed by atoms with Crippen LogP contribution in [0.5, 0.6) is 0 Å². The SMILES string of the molecule is CCc1nc2cc(Cl)c(C)cc2c(NC)c1C. The molecule has 0 spiro atoms. The van der Waals surface area contributed by atoms with E-state index in [-0.39, 0.29) is 0 Å². The Labute approximate surface area is 107 Å². The van der Waals surface area contributed by atoms with Crippen molar-refractivity contribution in [2.75, 3.05) is 12.4 Å². The van der Waals surface area contributed by atoms with Crippen molar-refractivity contribution >= 4 is 28.2 Å². The Kier molecular flexibility index (Phi) is 3.25. The third-order valence-electron chi connectivity index (χ3n) is 3.19. The van der Waals surface area contributed by atoms with Gasteiger partial charge in [-0.2, -0.15) is 0 Å². The van der Waals surface area contributed by atoms with Crippen LogP contribution in [0.4, 0.5) is 5.69 Å². The number of anilines is 1. The van der Waals surface area contributed by atoms with Crippen LogP contribution in [-0.4, -0.2) is 12.0 Å². The summed E-state index contributed by atoms with van der Waals surface area (Å²) in [4.78, 5) is 4.68. The highest BCUT2D eigenvalue weighted by Gasteiger charge is 2.11. The molecule has 0 aliphatic heterocycles. The Bertz CT molecular complexity index is 576. The molecule has 0 fully saturated rings. The number of fused-ring (bicyclic) bond motifs is 1. The van der Waals surface area contributed by atoms with Crippen LogP contribution in [0.2, 0.25) is 5.02 Å². The molecular formula is C14H17ClN2. The van der Waals surface area contributed by atoms with E-state index in [0.717, 1.165) is 39.3 Å². The lowest BCUT2D eigenvalue weighted by molar-refractivity contribution is 1.03. The molecule has 0 aliphatic rings. The molecule has 0 saturated heterocycles. The lowest BCUT2D eigenvalue weighted by Gasteiger charge is -2.14. The number of hydrogen-bond acceptors (Lipinski definition) is 2. The molecule has 1 aromatic carbocycles. The molecule has 0 radical (unpaired) electrons. The van der Waals surface area contributed by atoms with Crippen LogP contribution in [0.15, 0.2) is 12.1 Å². The molecule has 1 N–H and O–H groups in total. The van der Waals surface area contributed by atoms with E-state index in [4.69, 9.17) is 11.6 Å². The molecule has 2 nitrogen and oxygen atoms in total. The Morgan fingerprint density at radius 2 is 2.00 bits per heavy atom. The van der Waals surface area contributed by atoms with Crippen molar-refractivity contribution in [1.82, 2.24) is 4.98 Å². The zero-order chi connectivity index (χ0) is 12.6. The minimum atomic E-state index is 0.776. The van der Waals surface area contributed by atoms with Crippen molar-refractivity contribution in [1.29, 1.82) is 0 Å². The fourth-order valence-electron chi connectivity index (χ4n) is 2.21. The van der Waals surface area contributed by atoms with Gasteiger partial charge >= 0.3 is 0 Å². The summed E-state index contributed by atoms with van der Waals surface area (Å²) >= 11 is 6.16. The van der Waals surface area contributed by atoms with Gasteiger partial charge in [0, 0.05) is 28.8 Å². The zero-order valence-electron chi connectivity index (χ0n) is 10.7. The fraction of sp³-hybridized carbons (Fsp3) is 0.357. The number of nitrogens with zero attached hydrogens (tertiary/aromatic N) is 1. The maximum absolute atomic E-state index is 6.16. The minimum Gasteiger partial charge on any atom is -0.387 e. The van der Waals surface area contributed by atoms with Gasteiger partial charge in [0.05, 0.1) is 5.52 Å². The van der Waals surface area contributed by atoms with E-state index >= 15 is 0 Å². The largest absolute Gasteiger partial charge is 0.387 e. The van der Waals surface area contributed by atoms with Crippen LogP contribution >= 0.6 is 11.6 Å². The first-order valence-corrected chi connectivity index (χ1v) is 6.23. The number of halogens is 1. The lowest BCUT2D eigenvalue weighted by Crippen LogP contribution is -2.01. The van der Waals surface area contributed by atoms with Gasteiger partial charge in [-0.15, -0.1) is 0 Å². The van der Waals surface area contributed by atoms with Crippen molar-refractivity contribution in [3.8, 4) is 0 Å². The maximum atomic E-state index is 6.16. The standard InChI is InChI=1S/C14H17ClN2/c1-5-12-9(3)14(16-4)10-6-8(2)11(15)7-13(10)17-12/h6-7H,5H2,1-4H3,(H,16,17). The van der Waals surface area contributed by atoms with Crippen molar-refractivity contribution in [2.24, 2.45) is 0 Å². The van der Waals surface area contributed by atoms with E-state index in [1.807, 2.05) is 20.0 Å². The monoisotopic (exact) mass is 248 g/mol. The lowest BCUT2D eigenvalue weighted by atomic mass is 10.0. The molecule has 0 bridgehead atoms. The summed E-state index contributed by atoms with van der Waals surface area (Å²) < 4.78 is 0. The van der Waals surface area contributed by atoms with Crippen LogP contribution in [0.25, 0.3) is 10.9 Å². The van der Waals surface area contributed by atoms with Gasteiger partial charge in [0.2, 0.25) is 0 Å². The molecule has 1 aromatic heterocycles. The maximum Gasteiger partial charge on any atom is 0.0741 e. The summed E-state index contributed by atoms with van der Waals surface area (Å²) in [6.07, 6.45) is 0.932. The molecule has 2 rings (SSSR count). The van der Waals surface area contributed by atoms with Crippen LogP contribution in [0, 0.1) is 13.8 Å². The first-order valence-electron chi connectivity index (χ1n) is 5.85. The Morgan fingerprint density at radius 3 is 2.59 bits per heavy atom. The molecule has 1 heterocycles. The van der Waals surface area contributed by atoms with Crippen LogP contribution < -0.4 is 5.32 Å². The van der Waals surface area contributed by atoms with Gasteiger partial charge in [0.1, 0.15) is 0 Å². The van der Waals surface area contributed by atoms with Crippen LogP contribution in [-0.2, 0) is 6.42 Å². The third kappa shape index (κ3) is 1.98. The number of aryl methyl sites for hydroxylation is 2. The first-order chi connectivity index (χ1) is 8.08. The second-order valence-electron chi connectivity index (χ2n) is 4.28. The average molecular weight is 249 g/mol. The Balaban J connectivity index is 2.88. The van der Waals surface area contributed by atoms with Crippen molar-refractivity contribution in [3.05, 3.63) is 34.0 Å². The number of benzene rings is 1. The number of pyridine rings is 1. The molecular weight excluding hydrogens is 232 g/mol. The normalized spacial score (nSPS) is 10.9. The average Bonchev–Trinajstić information content (AvgIpc) is 2.31. The molecule has 17 heavy (non-hydrogen) atoms. The minimum absolute atomic E-state index is 0.776. The number of nitrogens with one attached hydrogen (secondary N) is 1. The highest BCUT2D eigenvalue weighted by molar-refractivity contribution is 6.32. The summed E-state index contributed by atoms with van der Waals surface area (Å²) in [7, 11) is 1.95. The van der Waals surface area contributed by atoms with Gasteiger partial charge in [-0.3, -0.25) is 4.98 Å². The van der Waals surface area contributed by atoms with Gasteiger partial charge in [-0.1, -0.05) is 18.5 Å². The van der Waals surface area contributed by atoms with Gasteiger partial charge in [0.25, 0.3) is 0 Å². The molecule has 0 atom stereocenters. The molecule has 0 amide bonds. The zero-order valence-corrected chi connectivity index (χ0v) is 11.4. The number of rotatable bonds is 2. The van der Waals surface area contributed by atoms with Gasteiger partial charge < -0.3 is 5.32 Å². The van der Waals surface area contributed by atoms with Crippen molar-refractivity contribution in [3.63, 3.8) is 0 Å². The summed E-state index contributed by atoms with van der Waals surface area (Å²) in [6.45, 7) is 6.25. The second kappa shape index (κ2) is 4.53. The molecule has 90 valence electrons. The quantitative estimate of drug-likeness (QED) is 0.865. The molecule has 0 saturated carbocycles. The van der Waals surface area contributed by atoms with E-state index in [1.165, 1.54) is 5.56 Å². The molecule has 3 heteroatoms. The fourth-order valence-corrected chi connectivity index (χ4v) is 2.36. The second-order valence-corrected chi connectivity index (χ2v) is 4.69. The Hall–Kier alpha value is -1.28. The predicted molar refractivity (Wildman–Crippen MR) is 75.2 cm³/mol. The highest BCUT2D eigenvalue weighted by Crippen LogP contribution is 2.31. The van der Waals surface area contributed by atoms with Gasteiger partial charge in [-0.05, 0) is 43.5 Å². The van der Waals surface area contributed by atoms with Gasteiger partial charge in [-0.25, -0.2) is 0 Å². The number of aromatic nitrogens is 1. The molecule has 0 unspecified atom stereocenters. The summed E-state index contributed by atoms with van der Waals surface area (Å²) in [5.74, 6) is 0.